The summed E-state index contributed by atoms with van der Waals surface area (Å²) in [5.41, 5.74) is 7.79. The standard InChI is InChI=1S/C15H19NO3.C12H13N/c1-2-11-8-16(9-13(11)15(18)19)10-14(17)12-6-4-3-5-7-12;1-9(13)11-8-4-6-10-5-2-3-7-12(10)11/h3-7,11,13H,2,8-10H2,1H3,(H,18,19);2-9H,13H2,1H3/t11-,13+;9-/m11/s1. The van der Waals surface area contributed by atoms with E-state index in [9.17, 15) is 14.7 Å². The number of hydrogen-bond acceptors (Lipinski definition) is 4. The highest BCUT2D eigenvalue weighted by Crippen LogP contribution is 2.26. The molecule has 5 nitrogen and oxygen atoms in total. The molecule has 0 saturated carbocycles. The van der Waals surface area contributed by atoms with Gasteiger partial charge in [0.05, 0.1) is 12.5 Å². The molecule has 5 heteroatoms. The Balaban J connectivity index is 0.000000193. The summed E-state index contributed by atoms with van der Waals surface area (Å²) >= 11 is 0. The minimum Gasteiger partial charge on any atom is -0.481 e. The molecule has 4 rings (SSSR count). The number of carboxylic acids is 1. The van der Waals surface area contributed by atoms with E-state index in [0.717, 1.165) is 6.42 Å². The van der Waals surface area contributed by atoms with E-state index in [1.807, 2.05) is 49.1 Å². The Labute approximate surface area is 189 Å². The summed E-state index contributed by atoms with van der Waals surface area (Å²) < 4.78 is 0. The van der Waals surface area contributed by atoms with Gasteiger partial charge in [-0.05, 0) is 29.2 Å². The Morgan fingerprint density at radius 1 is 1.00 bits per heavy atom. The molecular formula is C27H32N2O3. The highest BCUT2D eigenvalue weighted by Gasteiger charge is 2.36. The lowest BCUT2D eigenvalue weighted by Gasteiger charge is -2.14. The average molecular weight is 433 g/mol. The molecule has 3 aromatic carbocycles. The molecule has 0 spiro atoms. The minimum absolute atomic E-state index is 0.0569. The number of Topliss-reactive ketones (excluding diaryl/α,β-unsaturated/α-hetero) is 1. The van der Waals surface area contributed by atoms with Crippen LogP contribution in [0.5, 0.6) is 0 Å². The van der Waals surface area contributed by atoms with Gasteiger partial charge in [-0.15, -0.1) is 0 Å². The summed E-state index contributed by atoms with van der Waals surface area (Å²) in [7, 11) is 0. The highest BCUT2D eigenvalue weighted by atomic mass is 16.4. The third-order valence-corrected chi connectivity index (χ3v) is 6.14. The maximum atomic E-state index is 12.1. The van der Waals surface area contributed by atoms with Gasteiger partial charge in [0, 0.05) is 24.7 Å². The molecule has 1 saturated heterocycles. The van der Waals surface area contributed by atoms with Crippen molar-refractivity contribution in [1.82, 2.24) is 4.90 Å². The van der Waals surface area contributed by atoms with Crippen molar-refractivity contribution in [2.24, 2.45) is 17.6 Å². The lowest BCUT2D eigenvalue weighted by atomic mass is 9.94. The van der Waals surface area contributed by atoms with Crippen molar-refractivity contribution in [2.45, 2.75) is 26.3 Å². The molecule has 1 aliphatic rings. The third kappa shape index (κ3) is 5.81. The number of carbonyl (C=O) groups excluding carboxylic acids is 1. The number of aliphatic carboxylic acids is 1. The van der Waals surface area contributed by atoms with Crippen molar-refractivity contribution < 1.29 is 14.7 Å². The molecular weight excluding hydrogens is 400 g/mol. The normalized spacial score (nSPS) is 19.2. The van der Waals surface area contributed by atoms with Gasteiger partial charge in [-0.3, -0.25) is 14.5 Å². The van der Waals surface area contributed by atoms with Gasteiger partial charge in [-0.2, -0.15) is 0 Å². The van der Waals surface area contributed by atoms with Crippen LogP contribution in [0.15, 0.2) is 72.8 Å². The van der Waals surface area contributed by atoms with Crippen molar-refractivity contribution in [3.63, 3.8) is 0 Å². The number of hydrogen-bond donors (Lipinski definition) is 2. The van der Waals surface area contributed by atoms with E-state index in [-0.39, 0.29) is 23.7 Å². The summed E-state index contributed by atoms with van der Waals surface area (Å²) in [4.78, 5) is 25.2. The van der Waals surface area contributed by atoms with Crippen LogP contribution in [0, 0.1) is 11.8 Å². The number of benzene rings is 3. The SMILES string of the molecule is CC[C@@H]1CN(CC(=O)c2ccccc2)C[C@@H]1C(=O)O.C[C@@H](N)c1cccc2ccccc12. The molecule has 0 aromatic heterocycles. The second-order valence-corrected chi connectivity index (χ2v) is 8.45. The smallest absolute Gasteiger partial charge is 0.308 e. The van der Waals surface area contributed by atoms with Crippen molar-refractivity contribution in [1.29, 1.82) is 0 Å². The molecule has 3 aromatic rings. The van der Waals surface area contributed by atoms with Crippen LogP contribution in [0.25, 0.3) is 10.8 Å². The van der Waals surface area contributed by atoms with Crippen LogP contribution < -0.4 is 5.73 Å². The van der Waals surface area contributed by atoms with Gasteiger partial charge < -0.3 is 10.8 Å². The largest absolute Gasteiger partial charge is 0.481 e. The zero-order valence-corrected chi connectivity index (χ0v) is 18.8. The summed E-state index contributed by atoms with van der Waals surface area (Å²) in [6.45, 7) is 5.51. The lowest BCUT2D eigenvalue weighted by molar-refractivity contribution is -0.142. The lowest BCUT2D eigenvalue weighted by Crippen LogP contribution is -2.29. The second kappa shape index (κ2) is 11.0. The van der Waals surface area contributed by atoms with E-state index in [4.69, 9.17) is 5.73 Å². The first kappa shape index (κ1) is 23.6. The number of rotatable bonds is 6. The Kier molecular flexibility index (Phi) is 8.14. The fourth-order valence-electron chi connectivity index (χ4n) is 4.35. The van der Waals surface area contributed by atoms with E-state index in [2.05, 4.69) is 30.3 Å². The van der Waals surface area contributed by atoms with Gasteiger partial charge in [0.2, 0.25) is 0 Å². The van der Waals surface area contributed by atoms with Crippen LogP contribution in [0.4, 0.5) is 0 Å². The molecule has 3 N–H and O–H groups in total. The van der Waals surface area contributed by atoms with Crippen molar-refractivity contribution in [3.8, 4) is 0 Å². The van der Waals surface area contributed by atoms with Gasteiger partial charge in [0.1, 0.15) is 0 Å². The second-order valence-electron chi connectivity index (χ2n) is 8.45. The van der Waals surface area contributed by atoms with Crippen LogP contribution >= 0.6 is 0 Å². The monoisotopic (exact) mass is 432 g/mol. The number of nitrogens with two attached hydrogens (primary N) is 1. The molecule has 32 heavy (non-hydrogen) atoms. The molecule has 0 amide bonds. The first-order valence-electron chi connectivity index (χ1n) is 11.2. The number of likely N-dealkylation sites (tertiary alicyclic amines) is 1. The highest BCUT2D eigenvalue weighted by molar-refractivity contribution is 5.97. The molecule has 0 radical (unpaired) electrons. The number of carbonyl (C=O) groups is 2. The average Bonchev–Trinajstić information content (AvgIpc) is 3.23. The Hall–Kier alpha value is -3.02. The molecule has 0 bridgehead atoms. The van der Waals surface area contributed by atoms with E-state index in [0.29, 0.717) is 25.2 Å². The molecule has 0 unspecified atom stereocenters. The van der Waals surface area contributed by atoms with E-state index >= 15 is 0 Å². The summed E-state index contributed by atoms with van der Waals surface area (Å²) in [6.07, 6.45) is 0.840. The van der Waals surface area contributed by atoms with Gasteiger partial charge in [0.25, 0.3) is 0 Å². The molecule has 1 aliphatic heterocycles. The molecule has 3 atom stereocenters. The minimum atomic E-state index is -0.749. The Bertz CT molecular complexity index is 1040. The fraction of sp³-hybridized carbons (Fsp3) is 0.333. The zero-order chi connectivity index (χ0) is 23.1. The van der Waals surface area contributed by atoms with E-state index in [1.54, 1.807) is 12.1 Å². The Morgan fingerprint density at radius 2 is 1.66 bits per heavy atom. The van der Waals surface area contributed by atoms with Crippen LogP contribution in [0.2, 0.25) is 0 Å². The topological polar surface area (TPSA) is 83.6 Å². The van der Waals surface area contributed by atoms with Gasteiger partial charge in [0.15, 0.2) is 5.78 Å². The van der Waals surface area contributed by atoms with Crippen LogP contribution in [0.1, 0.15) is 42.2 Å². The maximum absolute atomic E-state index is 12.1. The molecule has 168 valence electrons. The number of fused-ring (bicyclic) bond motifs is 1. The quantitative estimate of drug-likeness (QED) is 0.548. The first-order valence-corrected chi connectivity index (χ1v) is 11.2. The van der Waals surface area contributed by atoms with Crippen LogP contribution in [0.3, 0.4) is 0 Å². The number of nitrogens with zero attached hydrogens (tertiary/aromatic N) is 1. The molecule has 0 aliphatic carbocycles. The molecule has 1 fully saturated rings. The summed E-state index contributed by atoms with van der Waals surface area (Å²) in [5, 5.41) is 11.7. The first-order chi connectivity index (χ1) is 15.4. The van der Waals surface area contributed by atoms with Crippen molar-refractivity contribution in [2.75, 3.05) is 19.6 Å². The van der Waals surface area contributed by atoms with Crippen LogP contribution in [-0.4, -0.2) is 41.4 Å². The van der Waals surface area contributed by atoms with E-state index < -0.39 is 5.97 Å². The third-order valence-electron chi connectivity index (χ3n) is 6.14. The number of ketones is 1. The van der Waals surface area contributed by atoms with Gasteiger partial charge in [-0.25, -0.2) is 0 Å². The van der Waals surface area contributed by atoms with E-state index in [1.165, 1.54) is 16.3 Å². The van der Waals surface area contributed by atoms with Crippen molar-refractivity contribution >= 4 is 22.5 Å². The zero-order valence-electron chi connectivity index (χ0n) is 18.8. The Morgan fingerprint density at radius 3 is 2.28 bits per heavy atom. The molecule has 1 heterocycles. The predicted octanol–water partition coefficient (Wildman–Crippen LogP) is 4.77. The van der Waals surface area contributed by atoms with Crippen molar-refractivity contribution in [3.05, 3.63) is 83.9 Å². The maximum Gasteiger partial charge on any atom is 0.308 e. The fourth-order valence-corrected chi connectivity index (χ4v) is 4.35. The van der Waals surface area contributed by atoms with Gasteiger partial charge >= 0.3 is 5.97 Å². The summed E-state index contributed by atoms with van der Waals surface area (Å²) in [6, 6.07) is 23.8. The van der Waals surface area contributed by atoms with Crippen LogP contribution in [-0.2, 0) is 4.79 Å². The van der Waals surface area contributed by atoms with Gasteiger partial charge in [-0.1, -0.05) is 86.1 Å². The predicted molar refractivity (Wildman–Crippen MR) is 129 cm³/mol. The summed E-state index contributed by atoms with van der Waals surface area (Å²) in [5.74, 6) is -0.877. The number of carboxylic acid groups (broad SMARTS) is 1.